The van der Waals surface area contributed by atoms with E-state index in [1.807, 2.05) is 11.9 Å². The number of hydrogen-bond donors (Lipinski definition) is 1. The Kier molecular flexibility index (Phi) is 3.60. The molecule has 0 fully saturated rings. The highest BCUT2D eigenvalue weighted by molar-refractivity contribution is 5.70. The first-order chi connectivity index (χ1) is 7.00. The molecule has 1 rings (SSSR count). The van der Waals surface area contributed by atoms with Crippen molar-refractivity contribution in [2.45, 2.75) is 13.8 Å². The molecule has 0 saturated heterocycles. The molecule has 0 radical (unpaired) electrons. The van der Waals surface area contributed by atoms with Gasteiger partial charge in [0.25, 0.3) is 0 Å². The molecule has 5 nitrogen and oxygen atoms in total. The van der Waals surface area contributed by atoms with Crippen LogP contribution in [-0.2, 0) is 4.79 Å². The summed E-state index contributed by atoms with van der Waals surface area (Å²) < 4.78 is 0. The van der Waals surface area contributed by atoms with Gasteiger partial charge in [-0.3, -0.25) is 4.79 Å². The number of rotatable bonds is 4. The number of carbonyl (C=O) groups is 1. The van der Waals surface area contributed by atoms with Gasteiger partial charge in [0.2, 0.25) is 0 Å². The maximum Gasteiger partial charge on any atom is 0.308 e. The summed E-state index contributed by atoms with van der Waals surface area (Å²) in [5, 5.41) is 8.77. The van der Waals surface area contributed by atoms with Crippen molar-refractivity contribution in [3.05, 3.63) is 18.1 Å². The Hall–Kier alpha value is -1.65. The minimum Gasteiger partial charge on any atom is -0.481 e. The Bertz CT molecular complexity index is 354. The fourth-order valence-electron chi connectivity index (χ4n) is 1.24. The summed E-state index contributed by atoms with van der Waals surface area (Å²) in [4.78, 5) is 20.7. The third-order valence-electron chi connectivity index (χ3n) is 2.12. The molecule has 1 aromatic rings. The standard InChI is InChI=1S/C10H15N3O2/c1-7(10(14)15)6-13(3)9-4-5-11-8(2)12-9/h4-5,7H,6H2,1-3H3,(H,14,15)/t7-/m1/s1. The zero-order chi connectivity index (χ0) is 11.4. The summed E-state index contributed by atoms with van der Waals surface area (Å²) in [6.45, 7) is 3.91. The lowest BCUT2D eigenvalue weighted by Gasteiger charge is -2.20. The maximum absolute atomic E-state index is 10.7. The van der Waals surface area contributed by atoms with Gasteiger partial charge in [-0.25, -0.2) is 9.97 Å². The van der Waals surface area contributed by atoms with E-state index in [4.69, 9.17) is 5.11 Å². The van der Waals surface area contributed by atoms with Gasteiger partial charge in [0.15, 0.2) is 0 Å². The maximum atomic E-state index is 10.7. The summed E-state index contributed by atoms with van der Waals surface area (Å²) in [5.74, 6) is 0.218. The summed E-state index contributed by atoms with van der Waals surface area (Å²) >= 11 is 0. The molecule has 1 heterocycles. The van der Waals surface area contributed by atoms with Gasteiger partial charge in [-0.1, -0.05) is 6.92 Å². The van der Waals surface area contributed by atoms with Crippen molar-refractivity contribution < 1.29 is 9.90 Å². The van der Waals surface area contributed by atoms with Crippen LogP contribution in [0.4, 0.5) is 5.82 Å². The first kappa shape index (κ1) is 11.4. The lowest BCUT2D eigenvalue weighted by Crippen LogP contribution is -2.29. The molecule has 1 aromatic heterocycles. The Morgan fingerprint density at radius 2 is 2.33 bits per heavy atom. The predicted octanol–water partition coefficient (Wildman–Crippen LogP) is 0.942. The second-order valence-corrected chi connectivity index (χ2v) is 3.58. The van der Waals surface area contributed by atoms with Crippen LogP contribution in [0.15, 0.2) is 12.3 Å². The Labute approximate surface area is 88.8 Å². The number of carboxylic acid groups (broad SMARTS) is 1. The second kappa shape index (κ2) is 4.72. The molecule has 0 saturated carbocycles. The van der Waals surface area contributed by atoms with E-state index in [2.05, 4.69) is 9.97 Å². The van der Waals surface area contributed by atoms with E-state index in [0.717, 1.165) is 5.82 Å². The fourth-order valence-corrected chi connectivity index (χ4v) is 1.24. The van der Waals surface area contributed by atoms with Crippen molar-refractivity contribution in [2.75, 3.05) is 18.5 Å². The van der Waals surface area contributed by atoms with Crippen LogP contribution in [0, 0.1) is 12.8 Å². The van der Waals surface area contributed by atoms with Gasteiger partial charge in [-0.05, 0) is 13.0 Å². The predicted molar refractivity (Wildman–Crippen MR) is 56.8 cm³/mol. The Morgan fingerprint density at radius 3 is 2.87 bits per heavy atom. The van der Waals surface area contributed by atoms with Crippen molar-refractivity contribution >= 4 is 11.8 Å². The summed E-state index contributed by atoms with van der Waals surface area (Å²) in [6.07, 6.45) is 1.67. The van der Waals surface area contributed by atoms with Gasteiger partial charge in [0.05, 0.1) is 5.92 Å². The molecule has 5 heteroatoms. The van der Waals surface area contributed by atoms with Gasteiger partial charge >= 0.3 is 5.97 Å². The van der Waals surface area contributed by atoms with Crippen molar-refractivity contribution in [1.29, 1.82) is 0 Å². The van der Waals surface area contributed by atoms with Crippen molar-refractivity contribution in [3.63, 3.8) is 0 Å². The Morgan fingerprint density at radius 1 is 1.67 bits per heavy atom. The molecular formula is C10H15N3O2. The molecule has 0 unspecified atom stereocenters. The molecule has 15 heavy (non-hydrogen) atoms. The van der Waals surface area contributed by atoms with Crippen LogP contribution in [0.25, 0.3) is 0 Å². The topological polar surface area (TPSA) is 66.3 Å². The lowest BCUT2D eigenvalue weighted by molar-refractivity contribution is -0.140. The highest BCUT2D eigenvalue weighted by Gasteiger charge is 2.14. The number of carboxylic acids is 1. The largest absolute Gasteiger partial charge is 0.481 e. The number of aliphatic carboxylic acids is 1. The monoisotopic (exact) mass is 209 g/mol. The minimum absolute atomic E-state index is 0.412. The summed E-state index contributed by atoms with van der Waals surface area (Å²) in [7, 11) is 1.82. The van der Waals surface area contributed by atoms with Crippen LogP contribution in [-0.4, -0.2) is 34.6 Å². The normalized spacial score (nSPS) is 12.2. The van der Waals surface area contributed by atoms with E-state index < -0.39 is 11.9 Å². The molecule has 0 aliphatic carbocycles. The van der Waals surface area contributed by atoms with Crippen LogP contribution < -0.4 is 4.90 Å². The van der Waals surface area contributed by atoms with Gasteiger partial charge < -0.3 is 10.0 Å². The summed E-state index contributed by atoms with van der Waals surface area (Å²) in [5.41, 5.74) is 0. The van der Waals surface area contributed by atoms with Crippen LogP contribution in [0.1, 0.15) is 12.7 Å². The van der Waals surface area contributed by atoms with Crippen LogP contribution in [0.2, 0.25) is 0 Å². The number of nitrogens with zero attached hydrogens (tertiary/aromatic N) is 3. The zero-order valence-electron chi connectivity index (χ0n) is 9.14. The fraction of sp³-hybridized carbons (Fsp3) is 0.500. The van der Waals surface area contributed by atoms with Gasteiger partial charge in [-0.15, -0.1) is 0 Å². The third-order valence-corrected chi connectivity index (χ3v) is 2.12. The van der Waals surface area contributed by atoms with E-state index in [-0.39, 0.29) is 0 Å². The van der Waals surface area contributed by atoms with E-state index in [1.165, 1.54) is 0 Å². The molecular weight excluding hydrogens is 194 g/mol. The van der Waals surface area contributed by atoms with Gasteiger partial charge in [0.1, 0.15) is 11.6 Å². The molecule has 1 N–H and O–H groups in total. The SMILES string of the molecule is Cc1nccc(N(C)C[C@@H](C)C(=O)O)n1. The summed E-state index contributed by atoms with van der Waals surface area (Å²) in [6, 6.07) is 1.77. The molecule has 82 valence electrons. The number of anilines is 1. The van der Waals surface area contributed by atoms with Crippen molar-refractivity contribution in [2.24, 2.45) is 5.92 Å². The smallest absolute Gasteiger partial charge is 0.308 e. The van der Waals surface area contributed by atoms with Crippen LogP contribution in [0.3, 0.4) is 0 Å². The first-order valence-electron chi connectivity index (χ1n) is 4.74. The molecule has 0 amide bonds. The van der Waals surface area contributed by atoms with Crippen LogP contribution >= 0.6 is 0 Å². The van der Waals surface area contributed by atoms with E-state index in [9.17, 15) is 4.79 Å². The second-order valence-electron chi connectivity index (χ2n) is 3.58. The quantitative estimate of drug-likeness (QED) is 0.799. The van der Waals surface area contributed by atoms with E-state index in [1.54, 1.807) is 26.1 Å². The minimum atomic E-state index is -0.798. The Balaban J connectivity index is 2.68. The van der Waals surface area contributed by atoms with Crippen molar-refractivity contribution in [1.82, 2.24) is 9.97 Å². The lowest BCUT2D eigenvalue weighted by atomic mass is 10.2. The number of hydrogen-bond acceptors (Lipinski definition) is 4. The molecule has 0 spiro atoms. The van der Waals surface area contributed by atoms with Gasteiger partial charge in [-0.2, -0.15) is 0 Å². The van der Waals surface area contributed by atoms with Crippen molar-refractivity contribution in [3.8, 4) is 0 Å². The zero-order valence-corrected chi connectivity index (χ0v) is 9.14. The molecule has 0 aliphatic heterocycles. The van der Waals surface area contributed by atoms with Crippen LogP contribution in [0.5, 0.6) is 0 Å². The number of aromatic nitrogens is 2. The third kappa shape index (κ3) is 3.19. The van der Waals surface area contributed by atoms with Gasteiger partial charge in [0, 0.05) is 19.8 Å². The molecule has 0 bridgehead atoms. The highest BCUT2D eigenvalue weighted by atomic mass is 16.4. The average molecular weight is 209 g/mol. The molecule has 0 aliphatic rings. The number of aryl methyl sites for hydroxylation is 1. The van der Waals surface area contributed by atoms with E-state index >= 15 is 0 Å². The highest BCUT2D eigenvalue weighted by Crippen LogP contribution is 2.09. The average Bonchev–Trinajstić information content (AvgIpc) is 2.17. The molecule has 1 atom stereocenters. The molecule has 0 aromatic carbocycles. The first-order valence-corrected chi connectivity index (χ1v) is 4.74. The van der Waals surface area contributed by atoms with E-state index in [0.29, 0.717) is 12.4 Å².